The predicted octanol–water partition coefficient (Wildman–Crippen LogP) is 0.666. The average Bonchev–Trinajstić information content (AvgIpc) is 1.59. The lowest BCUT2D eigenvalue weighted by Gasteiger charge is -2.27. The minimum absolute atomic E-state index is 0.00620. The van der Waals surface area contributed by atoms with Crippen molar-refractivity contribution < 1.29 is 74.4 Å². The molecule has 0 spiro atoms. The molecule has 3 heterocycles. The zero-order chi connectivity index (χ0) is 82.6. The maximum atomic E-state index is 14.6. The third-order valence-electron chi connectivity index (χ3n) is 18.8. The first-order chi connectivity index (χ1) is 52.9. The zero-order valence-corrected chi connectivity index (χ0v) is 66.2. The van der Waals surface area contributed by atoms with Crippen LogP contribution in [0, 0.1) is 5.92 Å². The number of hydrogen-bond donors (Lipinski definition) is 14. The van der Waals surface area contributed by atoms with E-state index in [0.29, 0.717) is 61.0 Å². The van der Waals surface area contributed by atoms with Gasteiger partial charge in [0.05, 0.1) is 28.2 Å². The quantitative estimate of drug-likeness (QED) is 0.00540. The normalized spacial score (nSPS) is 16.8. The van der Waals surface area contributed by atoms with Gasteiger partial charge in [-0.1, -0.05) is 83.5 Å². The molecule has 0 saturated carbocycles. The molecule has 1 fully saturated rings. The summed E-state index contributed by atoms with van der Waals surface area (Å²) in [5.41, 5.74) is 42.9. The van der Waals surface area contributed by atoms with Crippen molar-refractivity contribution in [1.29, 1.82) is 0 Å². The number of carbonyl (C=O) groups excluding carboxylic acids is 10. The lowest BCUT2D eigenvalue weighted by atomic mass is 9.81. The van der Waals surface area contributed by atoms with Gasteiger partial charge in [0.2, 0.25) is 53.2 Å². The van der Waals surface area contributed by atoms with Crippen molar-refractivity contribution in [3.63, 3.8) is 0 Å². The van der Waals surface area contributed by atoms with E-state index in [9.17, 15) is 69.7 Å². The SMILES string of the molecule is CC(=O)c1ccc(C[C@H](NC(=O)COCCNC(=O)[C@@H](CSC2CC(=O)N(CCNC(=O)CCCCCN3/C(=C/C=C/C=C/C4=Nc5ccc(S(=O)[O-])cc5C4(C)C)C(C)(C)c4cc(S(=O)(=O)O)ccc43)C2=O)NC(=O)[C@@H](CCCN=C(N)N)NC(=O)[C@@H](CCCN=C(N)N)NC(=O)[C@H](C)CCCN=C(N)N)C(N)=O)cc1. The van der Waals surface area contributed by atoms with Gasteiger partial charge in [-0.25, -0.2) is 0 Å². The molecule has 3 aliphatic heterocycles. The second kappa shape index (κ2) is 42.8. The number of primary amides is 1. The fourth-order valence-electron chi connectivity index (χ4n) is 12.6. The highest BCUT2D eigenvalue weighted by atomic mass is 32.2. The summed E-state index contributed by atoms with van der Waals surface area (Å²) in [7, 11) is -4.54. The third-order valence-corrected chi connectivity index (χ3v) is 21.6. The molecule has 0 aromatic heterocycles. The van der Waals surface area contributed by atoms with Crippen LogP contribution in [0.4, 0.5) is 11.4 Å². The second-order valence-electron chi connectivity index (χ2n) is 28.1. The number of carbonyl (C=O) groups is 10. The molecule has 1 saturated heterocycles. The van der Waals surface area contributed by atoms with Gasteiger partial charge < -0.3 is 86.2 Å². The van der Waals surface area contributed by atoms with Crippen LogP contribution in [0.5, 0.6) is 0 Å². The number of ketones is 1. The van der Waals surface area contributed by atoms with Gasteiger partial charge in [-0.2, -0.15) is 8.42 Å². The number of allylic oxidation sites excluding steroid dienone is 6. The van der Waals surface area contributed by atoms with E-state index in [0.717, 1.165) is 39.3 Å². The van der Waals surface area contributed by atoms with Crippen LogP contribution in [-0.4, -0.2) is 203 Å². The zero-order valence-electron chi connectivity index (χ0n) is 63.7. The van der Waals surface area contributed by atoms with Gasteiger partial charge in [-0.05, 0) is 135 Å². The van der Waals surface area contributed by atoms with Gasteiger partial charge in [-0.15, -0.1) is 11.8 Å². The van der Waals surface area contributed by atoms with Crippen LogP contribution in [0.2, 0.25) is 0 Å². The molecule has 3 aromatic carbocycles. The molecule has 0 bridgehead atoms. The first kappa shape index (κ1) is 90.5. The summed E-state index contributed by atoms with van der Waals surface area (Å²) in [6.07, 6.45) is 11.7. The van der Waals surface area contributed by atoms with E-state index in [4.69, 9.17) is 49.9 Å². The van der Waals surface area contributed by atoms with Gasteiger partial charge >= 0.3 is 0 Å². The maximum absolute atomic E-state index is 14.6. The van der Waals surface area contributed by atoms with E-state index in [1.54, 1.807) is 49.4 Å². The number of nitrogens with zero attached hydrogens (tertiary/aromatic N) is 6. The Morgan fingerprint density at radius 3 is 1.90 bits per heavy atom. The summed E-state index contributed by atoms with van der Waals surface area (Å²) in [5.74, 6) is -7.75. The largest absolute Gasteiger partial charge is 0.768 e. The topological polar surface area (TPSA) is 585 Å². The highest BCUT2D eigenvalue weighted by Crippen LogP contribution is 2.49. The minimum atomic E-state index is -4.54. The number of anilines is 1. The number of Topliss-reactive ketones (excluding diaryl/α,β-unsaturated/α-hetero) is 1. The second-order valence-corrected chi connectivity index (χ2v) is 31.7. The standard InChI is InChI=1S/C74H105N19O16S3/c1-44(16-13-30-84-70(76)77)65(99)89-53(17-14-31-85-71(78)79)67(101)90-54(18-15-32-86-72(80)81)68(102)91-56(66(100)83-34-37-109-42-62(96)88-55(64(75)98)38-46-22-24-47(25-23-46)45(2)94)43-110-58-41-63(97)93(69(58)103)36-33-82-61(95)21-11-8-12-35-92-57-29-27-49(112(106,107)108)40-51(57)74(5,6)60(92)20-10-7-9-19-59-73(3,4)50-39-48(111(104)105)26-28-52(50)87-59/h7,9-10,19-20,22-29,39-40,44,53-56,58H,8,11-18,21,30-38,41-43H2,1-6H3,(H2,75,98)(H,82,95)(H,83,100)(H,88,96)(H,89,99)(H,90,101)(H,91,102)(H,104,105)(H4,76,77,84)(H4,78,79,85)(H4,80,81,86)(H,106,107,108)/p-1/b10-7+,19-9+,60-20+/t44-,53-,54-,55+,56-,58?/m1/s1. The van der Waals surface area contributed by atoms with Crippen molar-refractivity contribution in [3.05, 3.63) is 119 Å². The predicted molar refractivity (Wildman–Crippen MR) is 426 cm³/mol. The smallest absolute Gasteiger partial charge is 0.294 e. The molecule has 6 rings (SSSR count). The summed E-state index contributed by atoms with van der Waals surface area (Å²) >= 11 is -1.51. The highest BCUT2D eigenvalue weighted by molar-refractivity contribution is 8.00. The van der Waals surface area contributed by atoms with Crippen LogP contribution >= 0.6 is 11.8 Å². The number of nitrogens with one attached hydrogen (secondary N) is 6. The molecular weight excluding hydrogens is 1510 g/mol. The van der Waals surface area contributed by atoms with Crippen LogP contribution in [0.15, 0.2) is 127 Å². The number of rotatable bonds is 46. The maximum Gasteiger partial charge on any atom is 0.294 e. The molecule has 2 unspecified atom stereocenters. The van der Waals surface area contributed by atoms with E-state index < -0.39 is 121 Å². The van der Waals surface area contributed by atoms with Crippen LogP contribution in [0.1, 0.15) is 139 Å². The summed E-state index contributed by atoms with van der Waals surface area (Å²) in [6.45, 7) is 10.3. The molecule has 610 valence electrons. The molecule has 0 radical (unpaired) electrons. The number of amides is 9. The van der Waals surface area contributed by atoms with E-state index >= 15 is 0 Å². The van der Waals surface area contributed by atoms with Crippen molar-refractivity contribution in [1.82, 2.24) is 36.8 Å². The molecule has 38 heteroatoms. The number of guanidine groups is 3. The number of hydrogen-bond acceptors (Lipinski definition) is 21. The van der Waals surface area contributed by atoms with Gasteiger partial charge in [0, 0.05) is 109 Å². The minimum Gasteiger partial charge on any atom is -0.768 e. The van der Waals surface area contributed by atoms with Gasteiger partial charge in [0.1, 0.15) is 30.8 Å². The Bertz CT molecular complexity index is 4280. The molecule has 3 aliphatic rings. The van der Waals surface area contributed by atoms with Crippen LogP contribution in [-0.2, 0) is 86.3 Å². The molecule has 3 aromatic rings. The number of likely N-dealkylation sites (tertiary alicyclic amines) is 1. The number of fused-ring (bicyclic) bond motifs is 2. The Hall–Kier alpha value is -10.4. The summed E-state index contributed by atoms with van der Waals surface area (Å²) < 4.78 is 63.5. The van der Waals surface area contributed by atoms with E-state index in [2.05, 4.69) is 51.8 Å². The molecule has 112 heavy (non-hydrogen) atoms. The molecular formula is C74H104N19O16S3-. The Balaban J connectivity index is 1.09. The third kappa shape index (κ3) is 27.5. The highest BCUT2D eigenvalue weighted by Gasteiger charge is 2.42. The Morgan fingerprint density at radius 1 is 0.688 bits per heavy atom. The number of ether oxygens (including phenoxy) is 1. The van der Waals surface area contributed by atoms with Crippen molar-refractivity contribution >= 4 is 127 Å². The average molecular weight is 1610 g/mol. The molecule has 21 N–H and O–H groups in total. The van der Waals surface area contributed by atoms with Crippen LogP contribution in [0.25, 0.3) is 0 Å². The van der Waals surface area contributed by atoms with Crippen molar-refractivity contribution in [2.45, 2.75) is 169 Å². The Labute approximate surface area is 658 Å². The van der Waals surface area contributed by atoms with Crippen molar-refractivity contribution in [2.75, 3.05) is 69.7 Å². The van der Waals surface area contributed by atoms with Crippen molar-refractivity contribution in [3.8, 4) is 0 Å². The first-order valence-corrected chi connectivity index (χ1v) is 40.1. The lowest BCUT2D eigenvalue weighted by Crippen LogP contribution is -2.57. The number of unbranched alkanes of at least 4 members (excludes halogenated alkanes) is 2. The number of imide groups is 1. The first-order valence-electron chi connectivity index (χ1n) is 36.5. The Kier molecular flexibility index (Phi) is 34.6. The Morgan fingerprint density at radius 2 is 1.30 bits per heavy atom. The molecule has 35 nitrogen and oxygen atoms in total. The van der Waals surface area contributed by atoms with Crippen molar-refractivity contribution in [2.24, 2.45) is 66.0 Å². The summed E-state index contributed by atoms with van der Waals surface area (Å²) in [4.78, 5) is 154. The van der Waals surface area contributed by atoms with Gasteiger partial charge in [0.25, 0.3) is 10.1 Å². The number of aliphatic imine (C=N–C) groups is 4. The summed E-state index contributed by atoms with van der Waals surface area (Å²) in [5, 5.41) is 15.0. The number of thioether (sulfide) groups is 1. The van der Waals surface area contributed by atoms with E-state index in [1.165, 1.54) is 25.1 Å². The fourth-order valence-corrected chi connectivity index (χ4v) is 14.7. The monoisotopic (exact) mass is 1610 g/mol. The number of nitrogens with two attached hydrogens (primary N) is 7. The van der Waals surface area contributed by atoms with E-state index in [1.807, 2.05) is 58.1 Å². The van der Waals surface area contributed by atoms with E-state index in [-0.39, 0.29) is 136 Å². The van der Waals surface area contributed by atoms with Gasteiger partial charge in [-0.3, -0.25) is 81.6 Å². The molecule has 9 amide bonds. The lowest BCUT2D eigenvalue weighted by molar-refractivity contribution is -0.138. The van der Waals surface area contributed by atoms with Crippen LogP contribution < -0.4 is 76.9 Å². The van der Waals surface area contributed by atoms with Crippen LogP contribution in [0.3, 0.4) is 0 Å². The molecule has 7 atom stereocenters. The fraction of sp³-hybridized carbons (Fsp3) is 0.486. The summed E-state index contributed by atoms with van der Waals surface area (Å²) in [6, 6.07) is 10.4. The molecule has 0 aliphatic carbocycles. The number of benzene rings is 3. The van der Waals surface area contributed by atoms with Gasteiger partial charge in [0.15, 0.2) is 23.7 Å².